The third kappa shape index (κ3) is 2.34. The first-order valence-corrected chi connectivity index (χ1v) is 3.55. The van der Waals surface area contributed by atoms with E-state index in [1.807, 2.05) is 0 Å². The number of carbonyl (C=O) groups is 1. The molecule has 1 rings (SSSR count). The molecule has 66 valence electrons. The number of halogens is 1. The lowest BCUT2D eigenvalue weighted by Crippen LogP contribution is -2.35. The van der Waals surface area contributed by atoms with E-state index in [-0.39, 0.29) is 24.3 Å². The molecule has 1 fully saturated rings. The van der Waals surface area contributed by atoms with Gasteiger partial charge in [-0.2, -0.15) is 0 Å². The molecule has 1 aliphatic rings. The van der Waals surface area contributed by atoms with E-state index in [1.165, 1.54) is 7.11 Å². The fourth-order valence-corrected chi connectivity index (χ4v) is 1.29. The monoisotopic (exact) mass is 179 g/mol. The highest BCUT2D eigenvalue weighted by Crippen LogP contribution is 2.33. The van der Waals surface area contributed by atoms with Gasteiger partial charge in [0.25, 0.3) is 0 Å². The van der Waals surface area contributed by atoms with Gasteiger partial charge in [0.2, 0.25) is 0 Å². The summed E-state index contributed by atoms with van der Waals surface area (Å²) in [5.74, 6) is 0.618. The number of ether oxygens (including phenoxy) is 1. The second-order valence-corrected chi connectivity index (χ2v) is 2.79. The lowest BCUT2D eigenvalue weighted by Gasteiger charge is -2.31. The zero-order valence-corrected chi connectivity index (χ0v) is 7.39. The summed E-state index contributed by atoms with van der Waals surface area (Å²) in [7, 11) is 1.43. The molecule has 0 radical (unpaired) electrons. The summed E-state index contributed by atoms with van der Waals surface area (Å²) in [6, 6.07) is 0. The van der Waals surface area contributed by atoms with E-state index in [0.717, 1.165) is 12.8 Å². The first kappa shape index (κ1) is 10.7. The normalized spacial score (nSPS) is 28.2. The molecule has 2 N–H and O–H groups in total. The van der Waals surface area contributed by atoms with Crippen LogP contribution in [0.1, 0.15) is 12.8 Å². The zero-order valence-electron chi connectivity index (χ0n) is 6.58. The van der Waals surface area contributed by atoms with E-state index in [0.29, 0.717) is 12.5 Å². The average molecular weight is 180 g/mol. The predicted octanol–water partition coefficient (Wildman–Crippen LogP) is 0.566. The minimum Gasteiger partial charge on any atom is -0.469 e. The van der Waals surface area contributed by atoms with Crippen LogP contribution in [0, 0.1) is 11.8 Å². The van der Waals surface area contributed by atoms with Crippen molar-refractivity contribution < 1.29 is 9.53 Å². The van der Waals surface area contributed by atoms with E-state index in [4.69, 9.17) is 5.73 Å². The molecule has 0 heterocycles. The summed E-state index contributed by atoms with van der Waals surface area (Å²) in [6.07, 6.45) is 1.84. The van der Waals surface area contributed by atoms with Gasteiger partial charge in [0.05, 0.1) is 13.0 Å². The molecule has 4 heteroatoms. The van der Waals surface area contributed by atoms with Crippen LogP contribution in [0.2, 0.25) is 0 Å². The van der Waals surface area contributed by atoms with E-state index in [1.54, 1.807) is 0 Å². The van der Waals surface area contributed by atoms with Crippen molar-refractivity contribution in [2.45, 2.75) is 12.8 Å². The van der Waals surface area contributed by atoms with Crippen LogP contribution in [0.4, 0.5) is 0 Å². The van der Waals surface area contributed by atoms with Crippen LogP contribution >= 0.6 is 12.4 Å². The largest absolute Gasteiger partial charge is 0.469 e. The smallest absolute Gasteiger partial charge is 0.308 e. The van der Waals surface area contributed by atoms with Crippen LogP contribution < -0.4 is 5.73 Å². The first-order valence-electron chi connectivity index (χ1n) is 3.55. The van der Waals surface area contributed by atoms with E-state index < -0.39 is 0 Å². The summed E-state index contributed by atoms with van der Waals surface area (Å²) in [5, 5.41) is 0. The van der Waals surface area contributed by atoms with Gasteiger partial charge in [-0.05, 0) is 25.3 Å². The highest BCUT2D eigenvalue weighted by molar-refractivity contribution is 5.85. The Kier molecular flexibility index (Phi) is 4.45. The van der Waals surface area contributed by atoms with Crippen molar-refractivity contribution in [3.8, 4) is 0 Å². The van der Waals surface area contributed by atoms with Gasteiger partial charge in [0.1, 0.15) is 0 Å². The number of rotatable bonds is 2. The lowest BCUT2D eigenvalue weighted by atomic mass is 9.75. The fraction of sp³-hybridized carbons (Fsp3) is 0.857. The number of methoxy groups -OCH3 is 1. The Bertz CT molecular complexity index is 134. The molecule has 3 nitrogen and oxygen atoms in total. The van der Waals surface area contributed by atoms with Crippen molar-refractivity contribution in [2.24, 2.45) is 17.6 Å². The maximum absolute atomic E-state index is 10.8. The predicted molar refractivity (Wildman–Crippen MR) is 44.5 cm³/mol. The Morgan fingerprint density at radius 2 is 2.18 bits per heavy atom. The van der Waals surface area contributed by atoms with Crippen molar-refractivity contribution in [1.82, 2.24) is 0 Å². The lowest BCUT2D eigenvalue weighted by molar-refractivity contribution is -0.149. The summed E-state index contributed by atoms with van der Waals surface area (Å²) in [5.41, 5.74) is 5.39. The number of carbonyl (C=O) groups excluding carboxylic acids is 1. The van der Waals surface area contributed by atoms with Crippen LogP contribution in [0.15, 0.2) is 0 Å². The molecule has 0 amide bonds. The molecule has 0 saturated heterocycles. The summed E-state index contributed by atoms with van der Waals surface area (Å²) < 4.78 is 4.57. The maximum Gasteiger partial charge on any atom is 0.308 e. The molecule has 0 atom stereocenters. The minimum absolute atomic E-state index is 0. The summed E-state index contributed by atoms with van der Waals surface area (Å²) in [4.78, 5) is 10.8. The fourth-order valence-electron chi connectivity index (χ4n) is 1.29. The number of hydrogen-bond acceptors (Lipinski definition) is 3. The van der Waals surface area contributed by atoms with Crippen molar-refractivity contribution in [3.05, 3.63) is 0 Å². The topological polar surface area (TPSA) is 52.3 Å². The van der Waals surface area contributed by atoms with Crippen molar-refractivity contribution in [3.63, 3.8) is 0 Å². The van der Waals surface area contributed by atoms with Crippen LogP contribution in [0.5, 0.6) is 0 Å². The molecular formula is C7H14ClNO2. The average Bonchev–Trinajstić information content (AvgIpc) is 1.85. The SMILES string of the molecule is COC(=O)C1CC(CN)C1.Cl. The first-order chi connectivity index (χ1) is 4.77. The number of nitrogens with two attached hydrogens (primary N) is 1. The number of esters is 1. The Balaban J connectivity index is 0.000001000. The van der Waals surface area contributed by atoms with E-state index in [2.05, 4.69) is 4.74 Å². The van der Waals surface area contributed by atoms with E-state index in [9.17, 15) is 4.79 Å². The molecule has 0 aromatic carbocycles. The Morgan fingerprint density at radius 3 is 2.55 bits per heavy atom. The van der Waals surface area contributed by atoms with Gasteiger partial charge in [0.15, 0.2) is 0 Å². The molecule has 1 aliphatic carbocycles. The molecule has 0 aliphatic heterocycles. The second kappa shape index (κ2) is 4.57. The van der Waals surface area contributed by atoms with Crippen molar-refractivity contribution in [2.75, 3.05) is 13.7 Å². The minimum atomic E-state index is -0.0790. The van der Waals surface area contributed by atoms with Gasteiger partial charge in [-0.1, -0.05) is 0 Å². The summed E-state index contributed by atoms with van der Waals surface area (Å²) >= 11 is 0. The van der Waals surface area contributed by atoms with Crippen molar-refractivity contribution >= 4 is 18.4 Å². The molecule has 0 aromatic heterocycles. The maximum atomic E-state index is 10.8. The quantitative estimate of drug-likeness (QED) is 0.631. The van der Waals surface area contributed by atoms with Gasteiger partial charge in [-0.15, -0.1) is 12.4 Å². The highest BCUT2D eigenvalue weighted by atomic mass is 35.5. The van der Waals surface area contributed by atoms with Gasteiger partial charge in [-0.3, -0.25) is 4.79 Å². The standard InChI is InChI=1S/C7H13NO2.ClH/c1-10-7(9)6-2-5(3-6)4-8;/h5-6H,2-4,8H2,1H3;1H. The van der Waals surface area contributed by atoms with Crippen LogP contribution in [0.25, 0.3) is 0 Å². The van der Waals surface area contributed by atoms with Crippen LogP contribution in [-0.2, 0) is 9.53 Å². The highest BCUT2D eigenvalue weighted by Gasteiger charge is 2.33. The summed E-state index contributed by atoms with van der Waals surface area (Å²) in [6.45, 7) is 0.702. The third-order valence-corrected chi connectivity index (χ3v) is 2.10. The molecule has 0 spiro atoms. The van der Waals surface area contributed by atoms with Crippen LogP contribution in [-0.4, -0.2) is 19.6 Å². The number of hydrogen-bond donors (Lipinski definition) is 1. The molecule has 11 heavy (non-hydrogen) atoms. The molecule has 0 bridgehead atoms. The molecule has 1 saturated carbocycles. The van der Waals surface area contributed by atoms with Gasteiger partial charge >= 0.3 is 5.97 Å². The molecule has 0 unspecified atom stereocenters. The van der Waals surface area contributed by atoms with E-state index >= 15 is 0 Å². The molecular weight excluding hydrogens is 166 g/mol. The van der Waals surface area contributed by atoms with Gasteiger partial charge in [0, 0.05) is 0 Å². The van der Waals surface area contributed by atoms with Crippen LogP contribution in [0.3, 0.4) is 0 Å². The van der Waals surface area contributed by atoms with Gasteiger partial charge in [-0.25, -0.2) is 0 Å². The van der Waals surface area contributed by atoms with Crippen molar-refractivity contribution in [1.29, 1.82) is 0 Å². The molecule has 0 aromatic rings. The third-order valence-electron chi connectivity index (χ3n) is 2.10. The van der Waals surface area contributed by atoms with Gasteiger partial charge < -0.3 is 10.5 Å². The second-order valence-electron chi connectivity index (χ2n) is 2.79. The Labute approximate surface area is 72.7 Å². The zero-order chi connectivity index (χ0) is 7.56. The Hall–Kier alpha value is -0.280. The Morgan fingerprint density at radius 1 is 1.64 bits per heavy atom.